The van der Waals surface area contributed by atoms with Gasteiger partial charge in [0.2, 0.25) is 0 Å². The van der Waals surface area contributed by atoms with Gasteiger partial charge >= 0.3 is 18.0 Å². The van der Waals surface area contributed by atoms with Crippen LogP contribution in [0.2, 0.25) is 0 Å². The van der Waals surface area contributed by atoms with Gasteiger partial charge in [-0.25, -0.2) is 14.3 Å². The normalized spacial score (nSPS) is 20.2. The number of H-pyrrole nitrogens is 2. The molecule has 14 heteroatoms. The number of benzene rings is 2. The zero-order valence-corrected chi connectivity index (χ0v) is 19.2. The maximum atomic E-state index is 13.6. The molecule has 3 atom stereocenters. The van der Waals surface area contributed by atoms with E-state index in [1.54, 1.807) is 4.90 Å². The lowest BCUT2D eigenvalue weighted by atomic mass is 10.0. The Morgan fingerprint density at radius 1 is 1.08 bits per heavy atom. The topological polar surface area (TPSA) is 83.2 Å². The Balaban J connectivity index is 1.66. The van der Waals surface area contributed by atoms with Crippen molar-refractivity contribution in [1.29, 1.82) is 0 Å². The van der Waals surface area contributed by atoms with Crippen LogP contribution in [0.4, 0.5) is 30.7 Å². The molecule has 3 aromatic rings. The molecule has 0 aliphatic carbocycles. The summed E-state index contributed by atoms with van der Waals surface area (Å²) in [5, 5.41) is 6.10. The van der Waals surface area contributed by atoms with E-state index in [9.17, 15) is 35.5 Å². The highest BCUT2D eigenvalue weighted by Gasteiger charge is 2.39. The first-order valence-corrected chi connectivity index (χ1v) is 11.0. The van der Waals surface area contributed by atoms with Crippen LogP contribution < -0.4 is 5.69 Å². The molecule has 0 saturated carbocycles. The lowest BCUT2D eigenvalue weighted by Crippen LogP contribution is -2.46. The van der Waals surface area contributed by atoms with E-state index in [1.165, 1.54) is 31.2 Å². The molecule has 1 unspecified atom stereocenters. The van der Waals surface area contributed by atoms with Gasteiger partial charge in [-0.2, -0.15) is 31.4 Å². The average molecular weight is 534 g/mol. The van der Waals surface area contributed by atoms with Crippen molar-refractivity contribution in [3.05, 3.63) is 86.8 Å². The summed E-state index contributed by atoms with van der Waals surface area (Å²) in [7, 11) is 0. The van der Waals surface area contributed by atoms with E-state index in [-0.39, 0.29) is 30.6 Å². The lowest BCUT2D eigenvalue weighted by Gasteiger charge is -2.41. The van der Waals surface area contributed by atoms with Gasteiger partial charge in [-0.3, -0.25) is 9.88 Å². The van der Waals surface area contributed by atoms with Crippen molar-refractivity contribution in [2.24, 2.45) is 0 Å². The fourth-order valence-electron chi connectivity index (χ4n) is 4.07. The summed E-state index contributed by atoms with van der Waals surface area (Å²) in [4.78, 5) is 15.7. The summed E-state index contributed by atoms with van der Waals surface area (Å²) >= 11 is 0. The van der Waals surface area contributed by atoms with Crippen LogP contribution in [-0.2, 0) is 28.4 Å². The van der Waals surface area contributed by atoms with Crippen LogP contribution in [0.25, 0.3) is 0 Å². The third-order valence-corrected chi connectivity index (χ3v) is 5.84. The number of hydrogen-bond acceptors (Lipinski definition) is 5. The molecule has 1 saturated heterocycles. The van der Waals surface area contributed by atoms with Gasteiger partial charge in [-0.05, 0) is 48.4 Å². The van der Waals surface area contributed by atoms with Crippen LogP contribution in [0.5, 0.6) is 0 Å². The van der Waals surface area contributed by atoms with E-state index < -0.39 is 53.4 Å². The van der Waals surface area contributed by atoms with Crippen LogP contribution >= 0.6 is 0 Å². The van der Waals surface area contributed by atoms with E-state index in [2.05, 4.69) is 15.2 Å². The fourth-order valence-corrected chi connectivity index (χ4v) is 4.07. The largest absolute Gasteiger partial charge is 0.416 e. The van der Waals surface area contributed by atoms with Gasteiger partial charge in [-0.15, -0.1) is 0 Å². The smallest absolute Gasteiger partial charge is 0.349 e. The third kappa shape index (κ3) is 6.37. The molecule has 1 aliphatic rings. The number of alkyl halides is 6. The first-order chi connectivity index (χ1) is 17.3. The number of nitrogens with zero attached hydrogens (tertiary/aromatic N) is 2. The van der Waals surface area contributed by atoms with E-state index >= 15 is 0 Å². The Labute approximate surface area is 205 Å². The molecule has 1 fully saturated rings. The summed E-state index contributed by atoms with van der Waals surface area (Å²) in [6.45, 7) is 1.82. The lowest BCUT2D eigenvalue weighted by molar-refractivity contribution is -0.231. The molecule has 2 heterocycles. The molecule has 1 aromatic heterocycles. The maximum Gasteiger partial charge on any atom is 0.416 e. The fraction of sp³-hybridized carbons (Fsp3) is 0.391. The van der Waals surface area contributed by atoms with Crippen LogP contribution in [0.1, 0.15) is 47.1 Å². The first kappa shape index (κ1) is 26.8. The number of halogens is 7. The number of hydrogen-bond donors (Lipinski definition) is 2. The monoisotopic (exact) mass is 534 g/mol. The maximum absolute atomic E-state index is 13.6. The summed E-state index contributed by atoms with van der Waals surface area (Å²) in [6, 6.07) is 5.79. The van der Waals surface area contributed by atoms with Crippen molar-refractivity contribution < 1.29 is 40.2 Å². The Bertz CT molecular complexity index is 1240. The van der Waals surface area contributed by atoms with Crippen molar-refractivity contribution >= 4 is 0 Å². The molecular weight excluding hydrogens is 513 g/mol. The zero-order valence-electron chi connectivity index (χ0n) is 19.2. The summed E-state index contributed by atoms with van der Waals surface area (Å²) in [5.41, 5.74) is -3.30. The molecule has 2 N–H and O–H groups in total. The van der Waals surface area contributed by atoms with Gasteiger partial charge in [0.25, 0.3) is 0 Å². The molecular formula is C23H21F7N4O3. The Kier molecular flexibility index (Phi) is 7.44. The second-order valence-electron chi connectivity index (χ2n) is 8.45. The number of morpholine rings is 1. The van der Waals surface area contributed by atoms with Crippen LogP contribution in [0.15, 0.2) is 47.3 Å². The van der Waals surface area contributed by atoms with E-state index in [0.717, 1.165) is 0 Å². The van der Waals surface area contributed by atoms with E-state index in [0.29, 0.717) is 24.2 Å². The predicted molar refractivity (Wildman–Crippen MR) is 114 cm³/mol. The summed E-state index contributed by atoms with van der Waals surface area (Å²) in [5.74, 6) is -0.239. The SMILES string of the molecule is CC(O[C@@H]1OCCN(Cc2n[nH]c(=O)[nH]2)[C@H]1c1ccc(F)cc1)c1cc(C(F)(F)F)cc(C(F)(F)F)c1. The molecule has 200 valence electrons. The van der Waals surface area contributed by atoms with Crippen molar-refractivity contribution in [1.82, 2.24) is 20.1 Å². The molecule has 37 heavy (non-hydrogen) atoms. The highest BCUT2D eigenvalue weighted by Crippen LogP contribution is 2.39. The highest BCUT2D eigenvalue weighted by molar-refractivity contribution is 5.34. The van der Waals surface area contributed by atoms with Crippen LogP contribution in [0.3, 0.4) is 0 Å². The molecule has 1 aliphatic heterocycles. The Morgan fingerprint density at radius 3 is 2.24 bits per heavy atom. The van der Waals surface area contributed by atoms with Crippen LogP contribution in [0, 0.1) is 5.82 Å². The minimum absolute atomic E-state index is 0.0427. The van der Waals surface area contributed by atoms with Crippen molar-refractivity contribution in [2.75, 3.05) is 13.2 Å². The quantitative estimate of drug-likeness (QED) is 0.438. The summed E-state index contributed by atoms with van der Waals surface area (Å²) in [6.07, 6.45) is -12.4. The van der Waals surface area contributed by atoms with Gasteiger partial charge < -0.3 is 9.47 Å². The molecule has 0 bridgehead atoms. The van der Waals surface area contributed by atoms with Crippen molar-refractivity contribution in [2.45, 2.75) is 44.3 Å². The van der Waals surface area contributed by atoms with Gasteiger partial charge in [-0.1, -0.05) is 12.1 Å². The second kappa shape index (κ2) is 10.3. The predicted octanol–water partition coefficient (Wildman–Crippen LogP) is 4.95. The standard InChI is InChI=1S/C23H21F7N4O3/c1-12(14-8-15(22(25,26)27)10-16(9-14)23(28,29)30)37-20-19(13-2-4-17(24)5-3-13)34(6-7-36-20)11-18-31-21(35)33-32-18/h2-5,8-10,12,19-20H,6-7,11H2,1H3,(H2,31,32,33,35)/t12?,19-,20-/m0/s1. The van der Waals surface area contributed by atoms with Gasteiger partial charge in [0.05, 0.1) is 36.4 Å². The number of ether oxygens (including phenoxy) is 2. The van der Waals surface area contributed by atoms with Crippen molar-refractivity contribution in [3.63, 3.8) is 0 Å². The van der Waals surface area contributed by atoms with E-state index in [1.807, 2.05) is 0 Å². The number of rotatable bonds is 6. The number of aromatic amines is 2. The minimum Gasteiger partial charge on any atom is -0.349 e. The number of nitrogens with one attached hydrogen (secondary N) is 2. The third-order valence-electron chi connectivity index (χ3n) is 5.84. The van der Waals surface area contributed by atoms with E-state index in [4.69, 9.17) is 9.47 Å². The molecule has 2 aromatic carbocycles. The molecule has 7 nitrogen and oxygen atoms in total. The molecule has 0 amide bonds. The Hall–Kier alpha value is -3.23. The molecule has 0 radical (unpaired) electrons. The van der Waals surface area contributed by atoms with Gasteiger partial charge in [0.1, 0.15) is 11.6 Å². The van der Waals surface area contributed by atoms with Crippen LogP contribution in [-0.4, -0.2) is 39.5 Å². The van der Waals surface area contributed by atoms with Gasteiger partial charge in [0.15, 0.2) is 6.29 Å². The first-order valence-electron chi connectivity index (χ1n) is 11.0. The molecule has 0 spiro atoms. The highest BCUT2D eigenvalue weighted by atomic mass is 19.4. The zero-order chi connectivity index (χ0) is 27.0. The molecule has 4 rings (SSSR count). The second-order valence-corrected chi connectivity index (χ2v) is 8.45. The number of aromatic nitrogens is 3. The average Bonchev–Trinajstić information content (AvgIpc) is 3.23. The van der Waals surface area contributed by atoms with Crippen molar-refractivity contribution in [3.8, 4) is 0 Å². The summed E-state index contributed by atoms with van der Waals surface area (Å²) < 4.78 is 105. The Morgan fingerprint density at radius 2 is 1.70 bits per heavy atom. The minimum atomic E-state index is -5.01. The van der Waals surface area contributed by atoms with Gasteiger partial charge in [0, 0.05) is 6.54 Å².